The molecule has 0 bridgehead atoms. The molecule has 0 aliphatic carbocycles. The van der Waals surface area contributed by atoms with E-state index in [2.05, 4.69) is 15.0 Å². The molecule has 0 saturated heterocycles. The Morgan fingerprint density at radius 3 is 2.90 bits per heavy atom. The highest BCUT2D eigenvalue weighted by Gasteiger charge is 2.16. The molecule has 1 N–H and O–H groups in total. The van der Waals surface area contributed by atoms with Crippen molar-refractivity contribution in [1.29, 1.82) is 0 Å². The monoisotopic (exact) mass is 318 g/mol. The first kappa shape index (κ1) is 13.7. The predicted octanol–water partition coefficient (Wildman–Crippen LogP) is 3.40. The van der Waals surface area contributed by atoms with E-state index in [1.807, 2.05) is 0 Å². The SMILES string of the molecule is COC(=O)c1sccc1NC(=O)c1ccc2ncsc2c1. The third kappa shape index (κ3) is 2.65. The number of carbonyl (C=O) groups is 2. The van der Waals surface area contributed by atoms with Gasteiger partial charge in [-0.2, -0.15) is 0 Å². The van der Waals surface area contributed by atoms with Crippen LogP contribution in [0.15, 0.2) is 35.2 Å². The quantitative estimate of drug-likeness (QED) is 0.752. The minimum absolute atomic E-state index is 0.270. The molecule has 2 aromatic heterocycles. The molecule has 0 unspecified atom stereocenters. The number of fused-ring (bicyclic) bond motifs is 1. The van der Waals surface area contributed by atoms with Crippen LogP contribution >= 0.6 is 22.7 Å². The van der Waals surface area contributed by atoms with Crippen molar-refractivity contribution in [3.8, 4) is 0 Å². The molecule has 1 amide bonds. The number of anilines is 1. The Hall–Kier alpha value is -2.25. The summed E-state index contributed by atoms with van der Waals surface area (Å²) in [6.45, 7) is 0. The molecule has 3 rings (SSSR count). The summed E-state index contributed by atoms with van der Waals surface area (Å²) in [7, 11) is 1.31. The molecule has 3 aromatic rings. The maximum Gasteiger partial charge on any atom is 0.350 e. The molecular weight excluding hydrogens is 308 g/mol. The van der Waals surface area contributed by atoms with Gasteiger partial charge in [0.15, 0.2) is 0 Å². The molecule has 0 fully saturated rings. The predicted molar refractivity (Wildman–Crippen MR) is 83.2 cm³/mol. The van der Waals surface area contributed by atoms with Crippen LogP contribution in [0.4, 0.5) is 5.69 Å². The molecule has 1 aromatic carbocycles. The first-order chi connectivity index (χ1) is 10.2. The lowest BCUT2D eigenvalue weighted by Crippen LogP contribution is -2.13. The molecule has 0 spiro atoms. The maximum atomic E-state index is 12.3. The lowest BCUT2D eigenvalue weighted by Gasteiger charge is -2.05. The summed E-state index contributed by atoms with van der Waals surface area (Å²) in [6.07, 6.45) is 0. The summed E-state index contributed by atoms with van der Waals surface area (Å²) >= 11 is 2.70. The van der Waals surface area contributed by atoms with Crippen LogP contribution in [0.25, 0.3) is 10.2 Å². The Labute approximate surface area is 128 Å². The van der Waals surface area contributed by atoms with Crippen LogP contribution in [0, 0.1) is 0 Å². The van der Waals surface area contributed by atoms with Crippen molar-refractivity contribution >= 4 is 50.5 Å². The van der Waals surface area contributed by atoms with Crippen molar-refractivity contribution in [2.75, 3.05) is 12.4 Å². The van der Waals surface area contributed by atoms with E-state index >= 15 is 0 Å². The number of hydrogen-bond acceptors (Lipinski definition) is 6. The third-order valence-corrected chi connectivity index (χ3v) is 4.56. The van der Waals surface area contributed by atoms with Gasteiger partial charge in [-0.3, -0.25) is 4.79 Å². The highest BCUT2D eigenvalue weighted by atomic mass is 32.1. The zero-order valence-electron chi connectivity index (χ0n) is 11.0. The Morgan fingerprint density at radius 1 is 1.24 bits per heavy atom. The van der Waals surface area contributed by atoms with Crippen LogP contribution in [-0.4, -0.2) is 24.0 Å². The molecule has 106 valence electrons. The number of amides is 1. The largest absolute Gasteiger partial charge is 0.465 e. The summed E-state index contributed by atoms with van der Waals surface area (Å²) < 4.78 is 5.63. The van der Waals surface area contributed by atoms with Crippen LogP contribution in [0.2, 0.25) is 0 Å². The number of esters is 1. The zero-order chi connectivity index (χ0) is 14.8. The summed E-state index contributed by atoms with van der Waals surface area (Å²) in [6, 6.07) is 6.98. The average molecular weight is 318 g/mol. The van der Waals surface area contributed by atoms with Crippen molar-refractivity contribution in [2.24, 2.45) is 0 Å². The van der Waals surface area contributed by atoms with Crippen LogP contribution < -0.4 is 5.32 Å². The van der Waals surface area contributed by atoms with E-state index in [1.165, 1.54) is 29.8 Å². The van der Waals surface area contributed by atoms with Gasteiger partial charge < -0.3 is 10.1 Å². The minimum Gasteiger partial charge on any atom is -0.465 e. The zero-order valence-corrected chi connectivity index (χ0v) is 12.6. The molecule has 21 heavy (non-hydrogen) atoms. The fraction of sp³-hybridized carbons (Fsp3) is 0.0714. The second-order valence-corrected chi connectivity index (χ2v) is 5.95. The van der Waals surface area contributed by atoms with E-state index in [0.717, 1.165) is 10.2 Å². The van der Waals surface area contributed by atoms with Gasteiger partial charge >= 0.3 is 5.97 Å². The van der Waals surface area contributed by atoms with Gasteiger partial charge in [0.05, 0.1) is 28.5 Å². The third-order valence-electron chi connectivity index (χ3n) is 2.88. The van der Waals surface area contributed by atoms with Gasteiger partial charge in [-0.15, -0.1) is 22.7 Å². The summed E-state index contributed by atoms with van der Waals surface area (Å²) in [5.41, 5.74) is 3.58. The Morgan fingerprint density at radius 2 is 2.10 bits per heavy atom. The lowest BCUT2D eigenvalue weighted by molar-refractivity contribution is 0.0607. The summed E-state index contributed by atoms with van der Waals surface area (Å²) in [5.74, 6) is -0.730. The summed E-state index contributed by atoms with van der Waals surface area (Å²) in [5, 5.41) is 4.46. The van der Waals surface area contributed by atoms with Crippen molar-refractivity contribution in [2.45, 2.75) is 0 Å². The number of nitrogens with one attached hydrogen (secondary N) is 1. The first-order valence-electron chi connectivity index (χ1n) is 5.99. The minimum atomic E-state index is -0.460. The Kier molecular flexibility index (Phi) is 3.68. The van der Waals surface area contributed by atoms with Gasteiger partial charge in [0.2, 0.25) is 0 Å². The fourth-order valence-corrected chi connectivity index (χ4v) is 3.33. The van der Waals surface area contributed by atoms with E-state index < -0.39 is 5.97 Å². The smallest absolute Gasteiger partial charge is 0.350 e. The van der Waals surface area contributed by atoms with Crippen molar-refractivity contribution < 1.29 is 14.3 Å². The molecule has 5 nitrogen and oxygen atoms in total. The van der Waals surface area contributed by atoms with Gasteiger partial charge in [-0.25, -0.2) is 9.78 Å². The van der Waals surface area contributed by atoms with Gasteiger partial charge in [0.1, 0.15) is 4.88 Å². The number of benzene rings is 1. The summed E-state index contributed by atoms with van der Waals surface area (Å²) in [4.78, 5) is 28.4. The topological polar surface area (TPSA) is 68.3 Å². The molecule has 2 heterocycles. The molecule has 0 radical (unpaired) electrons. The van der Waals surface area contributed by atoms with E-state index in [0.29, 0.717) is 16.1 Å². The molecule has 0 aliphatic rings. The number of rotatable bonds is 3. The normalized spacial score (nSPS) is 10.5. The number of nitrogens with zero attached hydrogens (tertiary/aromatic N) is 1. The van der Waals surface area contributed by atoms with Gasteiger partial charge in [-0.05, 0) is 29.6 Å². The van der Waals surface area contributed by atoms with Crippen molar-refractivity contribution in [3.05, 3.63) is 45.6 Å². The number of thiophene rings is 1. The van der Waals surface area contributed by atoms with Crippen LogP contribution in [-0.2, 0) is 4.74 Å². The number of ether oxygens (including phenoxy) is 1. The van der Waals surface area contributed by atoms with Crippen molar-refractivity contribution in [3.63, 3.8) is 0 Å². The maximum absolute atomic E-state index is 12.3. The second-order valence-electron chi connectivity index (χ2n) is 4.14. The van der Waals surface area contributed by atoms with Crippen LogP contribution in [0.1, 0.15) is 20.0 Å². The van der Waals surface area contributed by atoms with Crippen LogP contribution in [0.5, 0.6) is 0 Å². The number of thiazole rings is 1. The second kappa shape index (κ2) is 5.63. The average Bonchev–Trinajstić information content (AvgIpc) is 3.14. The lowest BCUT2D eigenvalue weighted by atomic mass is 10.2. The number of carbonyl (C=O) groups excluding carboxylic acids is 2. The van der Waals surface area contributed by atoms with Gasteiger partial charge in [-0.1, -0.05) is 0 Å². The highest BCUT2D eigenvalue weighted by molar-refractivity contribution is 7.16. The number of hydrogen-bond donors (Lipinski definition) is 1. The molecule has 0 saturated carbocycles. The molecule has 7 heteroatoms. The van der Waals surface area contributed by atoms with Crippen molar-refractivity contribution in [1.82, 2.24) is 4.98 Å². The molecule has 0 atom stereocenters. The van der Waals surface area contributed by atoms with E-state index in [9.17, 15) is 9.59 Å². The van der Waals surface area contributed by atoms with E-state index in [4.69, 9.17) is 0 Å². The molecular formula is C14H10N2O3S2. The van der Waals surface area contributed by atoms with Gasteiger partial charge in [0.25, 0.3) is 5.91 Å². The highest BCUT2D eigenvalue weighted by Crippen LogP contribution is 2.25. The molecule has 0 aliphatic heterocycles. The van der Waals surface area contributed by atoms with E-state index in [1.54, 1.807) is 35.2 Å². The standard InChI is InChI=1S/C14H10N2O3S2/c1-19-14(18)12-10(4-5-20-12)16-13(17)8-2-3-9-11(6-8)21-7-15-9/h2-7H,1H3,(H,16,17). The Bertz CT molecular complexity index is 822. The van der Waals surface area contributed by atoms with Crippen LogP contribution in [0.3, 0.4) is 0 Å². The first-order valence-corrected chi connectivity index (χ1v) is 7.75. The Balaban J connectivity index is 1.86. The van der Waals surface area contributed by atoms with Gasteiger partial charge in [0, 0.05) is 5.56 Å². The number of aromatic nitrogens is 1. The van der Waals surface area contributed by atoms with E-state index in [-0.39, 0.29) is 5.91 Å². The number of methoxy groups -OCH3 is 1. The fourth-order valence-electron chi connectivity index (χ4n) is 1.85.